The van der Waals surface area contributed by atoms with Crippen molar-refractivity contribution in [1.29, 1.82) is 0 Å². The summed E-state index contributed by atoms with van der Waals surface area (Å²) in [6, 6.07) is 4.26. The van der Waals surface area contributed by atoms with E-state index in [1.54, 1.807) is 6.07 Å². The van der Waals surface area contributed by atoms with Gasteiger partial charge in [-0.3, -0.25) is 0 Å². The lowest BCUT2D eigenvalue weighted by molar-refractivity contribution is 0.0600. The van der Waals surface area contributed by atoms with Crippen LogP contribution in [0.3, 0.4) is 0 Å². The molecule has 0 amide bonds. The molecule has 0 aliphatic carbocycles. The molecular formula is C17H23N3O2. The Morgan fingerprint density at radius 1 is 1.41 bits per heavy atom. The number of fused-ring (bicyclic) bond motifs is 1. The van der Waals surface area contributed by atoms with Crippen LogP contribution < -0.4 is 0 Å². The van der Waals surface area contributed by atoms with Crippen LogP contribution in [0.2, 0.25) is 0 Å². The van der Waals surface area contributed by atoms with Crippen molar-refractivity contribution in [2.75, 3.05) is 20.2 Å². The number of piperidine rings is 1. The van der Waals surface area contributed by atoms with E-state index in [0.29, 0.717) is 17.5 Å². The maximum absolute atomic E-state index is 11.7. The largest absolute Gasteiger partial charge is 0.465 e. The zero-order chi connectivity index (χ0) is 15.7. The normalized spacial score (nSPS) is 19.7. The van der Waals surface area contributed by atoms with Crippen LogP contribution in [0.25, 0.3) is 5.52 Å². The van der Waals surface area contributed by atoms with Gasteiger partial charge in [-0.15, -0.1) is 0 Å². The van der Waals surface area contributed by atoms with E-state index in [4.69, 9.17) is 4.74 Å². The highest BCUT2D eigenvalue weighted by molar-refractivity contribution is 5.89. The average Bonchev–Trinajstić information content (AvgIpc) is 2.97. The lowest BCUT2D eigenvalue weighted by Gasteiger charge is -2.34. The molecule has 1 atom stereocenters. The summed E-state index contributed by atoms with van der Waals surface area (Å²) < 4.78 is 6.86. The van der Waals surface area contributed by atoms with Gasteiger partial charge in [-0.2, -0.15) is 0 Å². The minimum atomic E-state index is -0.311. The van der Waals surface area contributed by atoms with Gasteiger partial charge in [0.05, 0.1) is 24.4 Å². The van der Waals surface area contributed by atoms with Gasteiger partial charge in [-0.25, -0.2) is 9.78 Å². The Morgan fingerprint density at radius 3 is 2.95 bits per heavy atom. The van der Waals surface area contributed by atoms with Gasteiger partial charge in [0.15, 0.2) is 0 Å². The number of esters is 1. The van der Waals surface area contributed by atoms with Crippen molar-refractivity contribution in [2.24, 2.45) is 0 Å². The quantitative estimate of drug-likeness (QED) is 0.818. The molecule has 0 radical (unpaired) electrons. The molecule has 5 nitrogen and oxygen atoms in total. The molecule has 5 heteroatoms. The summed E-state index contributed by atoms with van der Waals surface area (Å²) in [6.45, 7) is 6.66. The van der Waals surface area contributed by atoms with Crippen molar-refractivity contribution in [3.8, 4) is 0 Å². The van der Waals surface area contributed by atoms with Crippen LogP contribution in [-0.2, 0) is 4.74 Å². The highest BCUT2D eigenvalue weighted by Crippen LogP contribution is 2.28. The van der Waals surface area contributed by atoms with E-state index in [1.165, 1.54) is 13.5 Å². The molecule has 3 rings (SSSR count). The Morgan fingerprint density at radius 2 is 2.23 bits per heavy atom. The summed E-state index contributed by atoms with van der Waals surface area (Å²) in [5.74, 6) is 1.15. The van der Waals surface area contributed by atoms with E-state index in [-0.39, 0.29) is 5.97 Å². The summed E-state index contributed by atoms with van der Waals surface area (Å²) in [7, 11) is 1.41. The van der Waals surface area contributed by atoms with Crippen LogP contribution in [0.15, 0.2) is 24.5 Å². The Hall–Kier alpha value is -1.88. The minimum absolute atomic E-state index is 0.311. The predicted molar refractivity (Wildman–Crippen MR) is 85.2 cm³/mol. The first-order chi connectivity index (χ1) is 10.6. The summed E-state index contributed by atoms with van der Waals surface area (Å²) in [6.07, 6.45) is 6.06. The van der Waals surface area contributed by atoms with Gasteiger partial charge in [0, 0.05) is 24.7 Å². The fourth-order valence-electron chi connectivity index (χ4n) is 3.24. The molecule has 3 heterocycles. The van der Waals surface area contributed by atoms with E-state index in [2.05, 4.69) is 23.7 Å². The molecule has 2 aromatic rings. The van der Waals surface area contributed by atoms with E-state index >= 15 is 0 Å². The van der Waals surface area contributed by atoms with Crippen molar-refractivity contribution in [3.05, 3.63) is 35.9 Å². The number of pyridine rings is 1. The van der Waals surface area contributed by atoms with Gasteiger partial charge in [0.1, 0.15) is 5.82 Å². The highest BCUT2D eigenvalue weighted by atomic mass is 16.5. The second kappa shape index (κ2) is 6.08. The average molecular weight is 301 g/mol. The fraction of sp³-hybridized carbons (Fsp3) is 0.529. The number of hydrogen-bond acceptors (Lipinski definition) is 4. The molecule has 0 spiro atoms. The number of ether oxygens (including phenoxy) is 1. The maximum Gasteiger partial charge on any atom is 0.339 e. The van der Waals surface area contributed by atoms with Crippen molar-refractivity contribution in [1.82, 2.24) is 14.3 Å². The lowest BCUT2D eigenvalue weighted by Crippen LogP contribution is -2.39. The predicted octanol–water partition coefficient (Wildman–Crippen LogP) is 2.71. The maximum atomic E-state index is 11.7. The molecule has 1 aliphatic heterocycles. The molecule has 0 bridgehead atoms. The number of carbonyl (C=O) groups excluding carboxylic acids is 1. The van der Waals surface area contributed by atoms with E-state index < -0.39 is 0 Å². The van der Waals surface area contributed by atoms with Crippen LogP contribution in [0.1, 0.15) is 48.8 Å². The number of nitrogens with zero attached hydrogens (tertiary/aromatic N) is 3. The minimum Gasteiger partial charge on any atom is -0.465 e. The summed E-state index contributed by atoms with van der Waals surface area (Å²) >= 11 is 0. The first-order valence-electron chi connectivity index (χ1n) is 7.89. The SMILES string of the molecule is COC(=O)c1ccc2cnc(C3CCCN(C(C)C)C3)n2c1. The van der Waals surface area contributed by atoms with Crippen LogP contribution in [-0.4, -0.2) is 46.5 Å². The number of hydrogen-bond donors (Lipinski definition) is 0. The zero-order valence-electron chi connectivity index (χ0n) is 13.5. The van der Waals surface area contributed by atoms with Crippen molar-refractivity contribution in [3.63, 3.8) is 0 Å². The Kier molecular flexibility index (Phi) is 4.16. The smallest absolute Gasteiger partial charge is 0.339 e. The van der Waals surface area contributed by atoms with Crippen LogP contribution in [0, 0.1) is 0 Å². The molecule has 0 N–H and O–H groups in total. The Balaban J connectivity index is 1.94. The monoisotopic (exact) mass is 301 g/mol. The number of imidazole rings is 1. The third kappa shape index (κ3) is 2.73. The standard InChI is InChI=1S/C17H23N3O2/c1-12(2)19-8-4-5-13(10-19)16-18-9-15-7-6-14(11-20(15)16)17(21)22-3/h6-7,9,11-13H,4-5,8,10H2,1-3H3. The van der Waals surface area contributed by atoms with Gasteiger partial charge in [-0.05, 0) is 45.4 Å². The van der Waals surface area contributed by atoms with E-state index in [9.17, 15) is 4.79 Å². The molecule has 1 fully saturated rings. The summed E-state index contributed by atoms with van der Waals surface area (Å²) in [5, 5.41) is 0. The van der Waals surface area contributed by atoms with Crippen LogP contribution in [0.4, 0.5) is 0 Å². The second-order valence-electron chi connectivity index (χ2n) is 6.25. The summed E-state index contributed by atoms with van der Waals surface area (Å²) in [5.41, 5.74) is 1.58. The topological polar surface area (TPSA) is 46.8 Å². The van der Waals surface area contributed by atoms with E-state index in [1.807, 2.05) is 22.9 Å². The first kappa shape index (κ1) is 15.0. The Bertz CT molecular complexity index is 678. The van der Waals surface area contributed by atoms with Crippen LogP contribution in [0.5, 0.6) is 0 Å². The molecular weight excluding hydrogens is 278 g/mol. The zero-order valence-corrected chi connectivity index (χ0v) is 13.5. The van der Waals surface area contributed by atoms with Gasteiger partial charge >= 0.3 is 5.97 Å². The molecule has 0 aromatic carbocycles. The molecule has 1 unspecified atom stereocenters. The molecule has 22 heavy (non-hydrogen) atoms. The number of rotatable bonds is 3. The molecule has 2 aromatic heterocycles. The summed E-state index contributed by atoms with van der Waals surface area (Å²) in [4.78, 5) is 18.9. The molecule has 1 saturated heterocycles. The lowest BCUT2D eigenvalue weighted by atomic mass is 9.96. The molecule has 0 saturated carbocycles. The van der Waals surface area contributed by atoms with Gasteiger partial charge in [0.2, 0.25) is 0 Å². The van der Waals surface area contributed by atoms with Gasteiger partial charge in [0.25, 0.3) is 0 Å². The van der Waals surface area contributed by atoms with E-state index in [0.717, 1.165) is 30.9 Å². The fourth-order valence-corrected chi connectivity index (χ4v) is 3.24. The first-order valence-corrected chi connectivity index (χ1v) is 7.89. The third-order valence-electron chi connectivity index (χ3n) is 4.53. The third-order valence-corrected chi connectivity index (χ3v) is 4.53. The molecule has 118 valence electrons. The number of carbonyl (C=O) groups is 1. The van der Waals surface area contributed by atoms with Crippen LogP contribution >= 0.6 is 0 Å². The van der Waals surface area contributed by atoms with Gasteiger partial charge in [-0.1, -0.05) is 0 Å². The highest BCUT2D eigenvalue weighted by Gasteiger charge is 2.26. The molecule has 1 aliphatic rings. The Labute approximate surface area is 130 Å². The number of methoxy groups -OCH3 is 1. The second-order valence-corrected chi connectivity index (χ2v) is 6.25. The number of likely N-dealkylation sites (tertiary alicyclic amines) is 1. The van der Waals surface area contributed by atoms with Crippen molar-refractivity contribution in [2.45, 2.75) is 38.6 Å². The van der Waals surface area contributed by atoms with Gasteiger partial charge < -0.3 is 14.0 Å². The van der Waals surface area contributed by atoms with Crippen molar-refractivity contribution >= 4 is 11.5 Å². The van der Waals surface area contributed by atoms with Crippen molar-refractivity contribution < 1.29 is 9.53 Å². The number of aromatic nitrogens is 2.